The summed E-state index contributed by atoms with van der Waals surface area (Å²) in [7, 11) is 0. The summed E-state index contributed by atoms with van der Waals surface area (Å²) in [6.45, 7) is 4.82. The maximum atomic E-state index is 13.7. The summed E-state index contributed by atoms with van der Waals surface area (Å²) in [5.74, 6) is -0.323. The van der Waals surface area contributed by atoms with Gasteiger partial charge >= 0.3 is 0 Å². The number of alkyl halides is 1. The highest BCUT2D eigenvalue weighted by atomic mass is 19.1. The smallest absolute Gasteiger partial charge is 0.142 e. The fourth-order valence-electron chi connectivity index (χ4n) is 1.26. The lowest BCUT2D eigenvalue weighted by Gasteiger charge is -2.24. The van der Waals surface area contributed by atoms with Crippen LogP contribution in [0.4, 0.5) is 8.78 Å². The molecule has 0 fully saturated rings. The molecule has 0 heterocycles. The van der Waals surface area contributed by atoms with Gasteiger partial charge in [0.15, 0.2) is 0 Å². The molecule has 3 heteroatoms. The van der Waals surface area contributed by atoms with E-state index in [-0.39, 0.29) is 5.82 Å². The Bertz CT molecular complexity index is 329. The quantitative estimate of drug-likeness (QED) is 0.778. The second kappa shape index (κ2) is 3.65. The molecule has 0 aromatic heterocycles. The maximum Gasteiger partial charge on any atom is 0.142 e. The number of nitrogens with two attached hydrogens (primary N) is 1. The van der Waals surface area contributed by atoms with Gasteiger partial charge in [-0.3, -0.25) is 0 Å². The molecule has 0 bridgehead atoms. The van der Waals surface area contributed by atoms with Crippen molar-refractivity contribution in [2.24, 2.45) is 5.73 Å². The van der Waals surface area contributed by atoms with E-state index in [0.717, 1.165) is 0 Å². The zero-order valence-electron chi connectivity index (χ0n) is 8.64. The largest absolute Gasteiger partial charge is 0.323 e. The SMILES string of the molecule is Cc1cc(C(F)C(C)(C)N)ccc1F. The number of benzene rings is 1. The molecule has 2 N–H and O–H groups in total. The van der Waals surface area contributed by atoms with Crippen LogP contribution in [0.25, 0.3) is 0 Å². The van der Waals surface area contributed by atoms with E-state index in [4.69, 9.17) is 5.73 Å². The van der Waals surface area contributed by atoms with E-state index >= 15 is 0 Å². The Labute approximate surface area is 82.9 Å². The topological polar surface area (TPSA) is 26.0 Å². The van der Waals surface area contributed by atoms with E-state index in [9.17, 15) is 8.78 Å². The van der Waals surface area contributed by atoms with Crippen LogP contribution < -0.4 is 5.73 Å². The average Bonchev–Trinajstić information content (AvgIpc) is 2.07. The van der Waals surface area contributed by atoms with Crippen molar-refractivity contribution >= 4 is 0 Å². The Morgan fingerprint density at radius 3 is 2.36 bits per heavy atom. The molecular formula is C11H15F2N. The fraction of sp³-hybridized carbons (Fsp3) is 0.455. The van der Waals surface area contributed by atoms with Gasteiger partial charge in [-0.2, -0.15) is 0 Å². The van der Waals surface area contributed by atoms with E-state index in [2.05, 4.69) is 0 Å². The summed E-state index contributed by atoms with van der Waals surface area (Å²) >= 11 is 0. The van der Waals surface area contributed by atoms with E-state index in [1.165, 1.54) is 18.2 Å². The monoisotopic (exact) mass is 199 g/mol. The minimum atomic E-state index is -1.28. The molecule has 0 radical (unpaired) electrons. The molecular weight excluding hydrogens is 184 g/mol. The van der Waals surface area contributed by atoms with Crippen molar-refractivity contribution in [1.82, 2.24) is 0 Å². The van der Waals surface area contributed by atoms with Crippen molar-refractivity contribution in [3.8, 4) is 0 Å². The average molecular weight is 199 g/mol. The number of hydrogen-bond acceptors (Lipinski definition) is 1. The van der Waals surface area contributed by atoms with Crippen LogP contribution in [0.2, 0.25) is 0 Å². The molecule has 0 saturated heterocycles. The van der Waals surface area contributed by atoms with E-state index in [0.29, 0.717) is 11.1 Å². The Morgan fingerprint density at radius 2 is 1.93 bits per heavy atom. The van der Waals surface area contributed by atoms with Gasteiger partial charge in [-0.05, 0) is 38.0 Å². The minimum absolute atomic E-state index is 0.323. The predicted molar refractivity (Wildman–Crippen MR) is 53.3 cm³/mol. The number of rotatable bonds is 2. The van der Waals surface area contributed by atoms with Gasteiger partial charge in [0.1, 0.15) is 12.0 Å². The van der Waals surface area contributed by atoms with Crippen molar-refractivity contribution in [2.75, 3.05) is 0 Å². The molecule has 0 aliphatic carbocycles. The minimum Gasteiger partial charge on any atom is -0.323 e. The Morgan fingerprint density at radius 1 is 1.36 bits per heavy atom. The van der Waals surface area contributed by atoms with E-state index in [1.54, 1.807) is 20.8 Å². The number of hydrogen-bond donors (Lipinski definition) is 1. The summed E-state index contributed by atoms with van der Waals surface area (Å²) in [5.41, 5.74) is 5.56. The first kappa shape index (κ1) is 11.1. The lowest BCUT2D eigenvalue weighted by molar-refractivity contribution is 0.223. The number of aryl methyl sites for hydroxylation is 1. The molecule has 14 heavy (non-hydrogen) atoms. The second-order valence-corrected chi connectivity index (χ2v) is 4.19. The highest BCUT2D eigenvalue weighted by Crippen LogP contribution is 2.28. The molecule has 0 saturated carbocycles. The zero-order chi connectivity index (χ0) is 10.9. The van der Waals surface area contributed by atoms with Crippen molar-refractivity contribution in [3.63, 3.8) is 0 Å². The molecule has 1 aromatic carbocycles. The molecule has 1 atom stereocenters. The summed E-state index contributed by atoms with van der Waals surface area (Å²) in [5, 5.41) is 0. The zero-order valence-corrected chi connectivity index (χ0v) is 8.64. The summed E-state index contributed by atoms with van der Waals surface area (Å²) in [4.78, 5) is 0. The fourth-order valence-corrected chi connectivity index (χ4v) is 1.26. The van der Waals surface area contributed by atoms with E-state index < -0.39 is 11.7 Å². The molecule has 1 unspecified atom stereocenters. The van der Waals surface area contributed by atoms with Gasteiger partial charge in [0.2, 0.25) is 0 Å². The Hall–Kier alpha value is -0.960. The Balaban J connectivity index is 3.03. The molecule has 1 rings (SSSR count). The first-order chi connectivity index (χ1) is 6.32. The summed E-state index contributed by atoms with van der Waals surface area (Å²) < 4.78 is 26.6. The van der Waals surface area contributed by atoms with Gasteiger partial charge in [0, 0.05) is 5.54 Å². The van der Waals surface area contributed by atoms with Gasteiger partial charge in [-0.25, -0.2) is 8.78 Å². The molecule has 0 amide bonds. The predicted octanol–water partition coefficient (Wildman–Crippen LogP) is 2.88. The molecule has 78 valence electrons. The third-order valence-corrected chi connectivity index (χ3v) is 2.13. The van der Waals surface area contributed by atoms with Gasteiger partial charge in [-0.1, -0.05) is 12.1 Å². The molecule has 0 aliphatic heterocycles. The van der Waals surface area contributed by atoms with Gasteiger partial charge in [0.25, 0.3) is 0 Å². The summed E-state index contributed by atoms with van der Waals surface area (Å²) in [6.07, 6.45) is -1.28. The lowest BCUT2D eigenvalue weighted by atomic mass is 9.93. The van der Waals surface area contributed by atoms with Gasteiger partial charge < -0.3 is 5.73 Å². The third-order valence-electron chi connectivity index (χ3n) is 2.13. The second-order valence-electron chi connectivity index (χ2n) is 4.19. The van der Waals surface area contributed by atoms with Crippen LogP contribution in [0.3, 0.4) is 0 Å². The van der Waals surface area contributed by atoms with Crippen molar-refractivity contribution in [3.05, 3.63) is 35.1 Å². The first-order valence-electron chi connectivity index (χ1n) is 4.51. The van der Waals surface area contributed by atoms with Crippen LogP contribution in [0, 0.1) is 12.7 Å². The normalized spacial score (nSPS) is 14.1. The van der Waals surface area contributed by atoms with Crippen LogP contribution in [-0.4, -0.2) is 5.54 Å². The highest BCUT2D eigenvalue weighted by Gasteiger charge is 2.26. The van der Waals surface area contributed by atoms with E-state index in [1.807, 2.05) is 0 Å². The van der Waals surface area contributed by atoms with Crippen molar-refractivity contribution < 1.29 is 8.78 Å². The standard InChI is InChI=1S/C11H15F2N/c1-7-6-8(4-5-9(7)12)10(13)11(2,3)14/h4-6,10H,14H2,1-3H3. The van der Waals surface area contributed by atoms with Crippen molar-refractivity contribution in [2.45, 2.75) is 32.5 Å². The molecule has 1 aromatic rings. The summed E-state index contributed by atoms with van der Waals surface area (Å²) in [6, 6.07) is 4.19. The van der Waals surface area contributed by atoms with Crippen LogP contribution in [-0.2, 0) is 0 Å². The molecule has 0 spiro atoms. The molecule has 1 nitrogen and oxygen atoms in total. The van der Waals surface area contributed by atoms with Crippen LogP contribution in [0.1, 0.15) is 31.1 Å². The van der Waals surface area contributed by atoms with Crippen LogP contribution in [0.5, 0.6) is 0 Å². The van der Waals surface area contributed by atoms with Crippen LogP contribution in [0.15, 0.2) is 18.2 Å². The highest BCUT2D eigenvalue weighted by molar-refractivity contribution is 5.27. The van der Waals surface area contributed by atoms with Crippen molar-refractivity contribution in [1.29, 1.82) is 0 Å². The number of halogens is 2. The molecule has 0 aliphatic rings. The van der Waals surface area contributed by atoms with Gasteiger partial charge in [0.05, 0.1) is 0 Å². The Kier molecular flexibility index (Phi) is 2.90. The van der Waals surface area contributed by atoms with Crippen LogP contribution >= 0.6 is 0 Å². The maximum absolute atomic E-state index is 13.7. The third kappa shape index (κ3) is 2.29. The first-order valence-corrected chi connectivity index (χ1v) is 4.51. The lowest BCUT2D eigenvalue weighted by Crippen LogP contribution is -2.37. The van der Waals surface area contributed by atoms with Gasteiger partial charge in [-0.15, -0.1) is 0 Å².